The molecule has 2 rings (SSSR count). The highest BCUT2D eigenvalue weighted by Gasteiger charge is 2.38. The third kappa shape index (κ3) is 9.44. The molecule has 1 heterocycles. The highest BCUT2D eigenvalue weighted by Crippen LogP contribution is 2.18. The zero-order valence-corrected chi connectivity index (χ0v) is 20.2. The van der Waals surface area contributed by atoms with Crippen LogP contribution in [0.15, 0.2) is 30.3 Å². The highest BCUT2D eigenvalue weighted by atomic mass is 16.5. The molecule has 0 aliphatic carbocycles. The van der Waals surface area contributed by atoms with Crippen molar-refractivity contribution in [3.8, 4) is 5.75 Å². The first kappa shape index (κ1) is 26.7. The zero-order chi connectivity index (χ0) is 23.9. The van der Waals surface area contributed by atoms with Crippen molar-refractivity contribution in [1.82, 2.24) is 10.2 Å². The number of carbonyl (C=O) groups is 3. The normalized spacial score (nSPS) is 16.7. The third-order valence-corrected chi connectivity index (χ3v) is 5.90. The smallest absolute Gasteiger partial charge is 0.308 e. The van der Waals surface area contributed by atoms with Crippen LogP contribution in [0.4, 0.5) is 0 Å². The largest absolute Gasteiger partial charge is 0.481 e. The van der Waals surface area contributed by atoms with Gasteiger partial charge in [0.2, 0.25) is 5.91 Å². The van der Waals surface area contributed by atoms with E-state index in [0.29, 0.717) is 31.9 Å². The molecule has 1 aliphatic heterocycles. The van der Waals surface area contributed by atoms with E-state index in [-0.39, 0.29) is 18.2 Å². The molecule has 7 nitrogen and oxygen atoms in total. The fourth-order valence-corrected chi connectivity index (χ4v) is 3.98. The lowest BCUT2D eigenvalue weighted by Gasteiger charge is -2.36. The molecule has 184 valence electrons. The van der Waals surface area contributed by atoms with Crippen molar-refractivity contribution in [2.24, 2.45) is 0 Å². The van der Waals surface area contributed by atoms with Crippen LogP contribution in [-0.2, 0) is 19.1 Å². The molecule has 0 saturated carbocycles. The summed E-state index contributed by atoms with van der Waals surface area (Å²) in [5.74, 6) is -0.458. The summed E-state index contributed by atoms with van der Waals surface area (Å²) < 4.78 is 11.2. The number of nitrogens with zero attached hydrogens (tertiary/aromatic N) is 1. The van der Waals surface area contributed by atoms with Gasteiger partial charge in [0.25, 0.3) is 5.91 Å². The molecule has 33 heavy (non-hydrogen) atoms. The van der Waals surface area contributed by atoms with Gasteiger partial charge in [0.1, 0.15) is 11.8 Å². The van der Waals surface area contributed by atoms with Gasteiger partial charge in [-0.3, -0.25) is 14.4 Å². The molecule has 0 bridgehead atoms. The number of unbranched alkanes of at least 4 members (excludes halogenated alkanes) is 7. The number of piperazine rings is 1. The van der Waals surface area contributed by atoms with E-state index in [1.807, 2.05) is 25.1 Å². The van der Waals surface area contributed by atoms with Crippen LogP contribution >= 0.6 is 0 Å². The highest BCUT2D eigenvalue weighted by molar-refractivity contribution is 5.93. The molecule has 1 saturated heterocycles. The van der Waals surface area contributed by atoms with E-state index >= 15 is 0 Å². The minimum absolute atomic E-state index is 0.142. The molecule has 1 aromatic carbocycles. The Hall–Kier alpha value is -2.57. The molecule has 0 radical (unpaired) electrons. The standard InChI is InChI=1S/C26H40N2O5/c1-3-5-6-7-8-9-10-14-19-32-24(29)20-22-25(30)27-17-18-28(22)26(31)23(4-2)33-21-15-12-11-13-16-21/h11-13,15-16,22-23H,3-10,14,17-20H2,1-2H3,(H,27,30). The summed E-state index contributed by atoms with van der Waals surface area (Å²) in [7, 11) is 0. The van der Waals surface area contributed by atoms with Gasteiger partial charge in [-0.05, 0) is 25.0 Å². The number of nitrogens with one attached hydrogen (secondary N) is 1. The quantitative estimate of drug-likeness (QED) is 0.312. The van der Waals surface area contributed by atoms with Crippen molar-refractivity contribution in [3.63, 3.8) is 0 Å². The Balaban J connectivity index is 1.80. The van der Waals surface area contributed by atoms with Gasteiger partial charge in [-0.1, -0.05) is 77.0 Å². The Morgan fingerprint density at radius 3 is 2.36 bits per heavy atom. The predicted octanol–water partition coefficient (Wildman–Crippen LogP) is 4.25. The van der Waals surface area contributed by atoms with Gasteiger partial charge in [-0.25, -0.2) is 0 Å². The molecular weight excluding hydrogens is 420 g/mol. The summed E-state index contributed by atoms with van der Waals surface area (Å²) >= 11 is 0. The summed E-state index contributed by atoms with van der Waals surface area (Å²) in [6.45, 7) is 5.12. The molecule has 1 N–H and O–H groups in total. The van der Waals surface area contributed by atoms with Gasteiger partial charge >= 0.3 is 5.97 Å². The van der Waals surface area contributed by atoms with E-state index in [4.69, 9.17) is 9.47 Å². The lowest BCUT2D eigenvalue weighted by atomic mass is 10.1. The number of benzene rings is 1. The number of ether oxygens (including phenoxy) is 2. The van der Waals surface area contributed by atoms with Crippen LogP contribution < -0.4 is 10.1 Å². The molecule has 0 spiro atoms. The third-order valence-electron chi connectivity index (χ3n) is 5.90. The van der Waals surface area contributed by atoms with Crippen LogP contribution in [0.25, 0.3) is 0 Å². The fourth-order valence-electron chi connectivity index (χ4n) is 3.98. The van der Waals surface area contributed by atoms with Gasteiger partial charge in [-0.2, -0.15) is 0 Å². The summed E-state index contributed by atoms with van der Waals surface area (Å²) in [6.07, 6.45) is 8.92. The minimum atomic E-state index is -0.870. The van der Waals surface area contributed by atoms with Gasteiger partial charge in [0.05, 0.1) is 13.0 Å². The maximum atomic E-state index is 13.2. The molecule has 7 heteroatoms. The number of hydrogen-bond acceptors (Lipinski definition) is 5. The number of rotatable bonds is 15. The van der Waals surface area contributed by atoms with Crippen molar-refractivity contribution in [2.45, 2.75) is 90.2 Å². The predicted molar refractivity (Wildman–Crippen MR) is 128 cm³/mol. The molecule has 1 aliphatic rings. The Kier molecular flexibility index (Phi) is 12.4. The van der Waals surface area contributed by atoms with Crippen LogP contribution in [0.2, 0.25) is 0 Å². The van der Waals surface area contributed by atoms with Crippen LogP contribution in [0.3, 0.4) is 0 Å². The van der Waals surface area contributed by atoms with E-state index in [2.05, 4.69) is 12.2 Å². The number of carbonyl (C=O) groups excluding carboxylic acids is 3. The molecule has 2 amide bonds. The minimum Gasteiger partial charge on any atom is -0.481 e. The van der Waals surface area contributed by atoms with Gasteiger partial charge in [-0.15, -0.1) is 0 Å². The Morgan fingerprint density at radius 1 is 1.03 bits per heavy atom. The van der Waals surface area contributed by atoms with E-state index < -0.39 is 18.1 Å². The van der Waals surface area contributed by atoms with Crippen molar-refractivity contribution < 1.29 is 23.9 Å². The Bertz CT molecular complexity index is 725. The number of para-hydroxylation sites is 1. The number of amides is 2. The number of esters is 1. The molecule has 1 aromatic rings. The fraction of sp³-hybridized carbons (Fsp3) is 0.654. The average molecular weight is 461 g/mol. The Morgan fingerprint density at radius 2 is 1.70 bits per heavy atom. The van der Waals surface area contributed by atoms with E-state index in [1.54, 1.807) is 12.1 Å². The second-order valence-electron chi connectivity index (χ2n) is 8.57. The lowest BCUT2D eigenvalue weighted by Crippen LogP contribution is -2.60. The van der Waals surface area contributed by atoms with Gasteiger partial charge in [0, 0.05) is 13.1 Å². The average Bonchev–Trinajstić information content (AvgIpc) is 2.83. The van der Waals surface area contributed by atoms with E-state index in [9.17, 15) is 14.4 Å². The topological polar surface area (TPSA) is 84.9 Å². The second-order valence-corrected chi connectivity index (χ2v) is 8.57. The van der Waals surface area contributed by atoms with Crippen LogP contribution in [0.1, 0.15) is 78.1 Å². The molecular formula is C26H40N2O5. The monoisotopic (exact) mass is 460 g/mol. The Labute approximate surface area is 198 Å². The summed E-state index contributed by atoms with van der Waals surface area (Å²) in [4.78, 5) is 39.5. The first-order valence-corrected chi connectivity index (χ1v) is 12.5. The molecule has 2 atom stereocenters. The van der Waals surface area contributed by atoms with Crippen molar-refractivity contribution in [3.05, 3.63) is 30.3 Å². The molecule has 0 aromatic heterocycles. The summed E-state index contributed by atoms with van der Waals surface area (Å²) in [5, 5.41) is 2.75. The lowest BCUT2D eigenvalue weighted by molar-refractivity contribution is -0.154. The van der Waals surface area contributed by atoms with Gasteiger partial charge in [0.15, 0.2) is 6.10 Å². The van der Waals surface area contributed by atoms with E-state index in [1.165, 1.54) is 37.0 Å². The second kappa shape index (κ2) is 15.3. The van der Waals surface area contributed by atoms with Crippen molar-refractivity contribution >= 4 is 17.8 Å². The van der Waals surface area contributed by atoms with Crippen LogP contribution in [0.5, 0.6) is 5.75 Å². The summed E-state index contributed by atoms with van der Waals surface area (Å²) in [5.41, 5.74) is 0. The van der Waals surface area contributed by atoms with Crippen molar-refractivity contribution in [2.75, 3.05) is 19.7 Å². The number of hydrogen-bond donors (Lipinski definition) is 1. The zero-order valence-electron chi connectivity index (χ0n) is 20.2. The van der Waals surface area contributed by atoms with Crippen LogP contribution in [-0.4, -0.2) is 54.5 Å². The maximum Gasteiger partial charge on any atom is 0.308 e. The first-order chi connectivity index (χ1) is 16.1. The van der Waals surface area contributed by atoms with Crippen LogP contribution in [0, 0.1) is 0 Å². The first-order valence-electron chi connectivity index (χ1n) is 12.5. The summed E-state index contributed by atoms with van der Waals surface area (Å²) in [6, 6.07) is 8.27. The van der Waals surface area contributed by atoms with Crippen molar-refractivity contribution in [1.29, 1.82) is 0 Å². The van der Waals surface area contributed by atoms with E-state index in [0.717, 1.165) is 19.3 Å². The SMILES string of the molecule is CCCCCCCCCCOC(=O)CC1C(=O)NCCN1C(=O)C(CC)Oc1ccccc1. The maximum absolute atomic E-state index is 13.2. The molecule has 1 fully saturated rings. The van der Waals surface area contributed by atoms with Gasteiger partial charge < -0.3 is 19.7 Å². The molecule has 2 unspecified atom stereocenters.